The van der Waals surface area contributed by atoms with Crippen LogP contribution < -0.4 is 5.32 Å². The van der Waals surface area contributed by atoms with Crippen LogP contribution in [0.4, 0.5) is 0 Å². The van der Waals surface area contributed by atoms with Gasteiger partial charge in [-0.15, -0.1) is 12.4 Å². The minimum Gasteiger partial charge on any atom is -0.508 e. The highest BCUT2D eigenvalue weighted by Gasteiger charge is 2.15. The van der Waals surface area contributed by atoms with Crippen molar-refractivity contribution in [3.8, 4) is 5.75 Å². The summed E-state index contributed by atoms with van der Waals surface area (Å²) in [6, 6.07) is 7.53. The van der Waals surface area contributed by atoms with Gasteiger partial charge < -0.3 is 10.4 Å². The van der Waals surface area contributed by atoms with E-state index in [0.29, 0.717) is 11.7 Å². The van der Waals surface area contributed by atoms with Gasteiger partial charge in [-0.1, -0.05) is 12.1 Å². The van der Waals surface area contributed by atoms with Crippen molar-refractivity contribution < 1.29 is 5.11 Å². The maximum absolute atomic E-state index is 9.08. The lowest BCUT2D eigenvalue weighted by molar-refractivity contribution is 0.475. The molecule has 1 fully saturated rings. The van der Waals surface area contributed by atoms with E-state index in [1.54, 1.807) is 12.1 Å². The largest absolute Gasteiger partial charge is 0.508 e. The van der Waals surface area contributed by atoms with E-state index in [-0.39, 0.29) is 12.4 Å². The molecule has 2 N–H and O–H groups in total. The second-order valence-corrected chi connectivity index (χ2v) is 3.28. The Kier molecular flexibility index (Phi) is 3.58. The number of hydrogen-bond donors (Lipinski definition) is 2. The summed E-state index contributed by atoms with van der Waals surface area (Å²) in [5.41, 5.74) is 1.33. The first-order valence-electron chi connectivity index (χ1n) is 4.36. The minimum absolute atomic E-state index is 0. The Hall–Kier alpha value is -0.730. The highest BCUT2D eigenvalue weighted by Crippen LogP contribution is 2.23. The third-order valence-corrected chi connectivity index (χ3v) is 2.42. The fourth-order valence-electron chi connectivity index (χ4n) is 1.69. The van der Waals surface area contributed by atoms with Crippen molar-refractivity contribution in [3.05, 3.63) is 29.8 Å². The fourth-order valence-corrected chi connectivity index (χ4v) is 1.69. The van der Waals surface area contributed by atoms with Crippen molar-refractivity contribution in [2.45, 2.75) is 12.3 Å². The van der Waals surface area contributed by atoms with Crippen molar-refractivity contribution in [2.75, 3.05) is 13.1 Å². The maximum Gasteiger partial charge on any atom is 0.115 e. The van der Waals surface area contributed by atoms with Gasteiger partial charge in [0, 0.05) is 6.54 Å². The summed E-state index contributed by atoms with van der Waals surface area (Å²) in [7, 11) is 0. The molecule has 13 heavy (non-hydrogen) atoms. The zero-order valence-corrected chi connectivity index (χ0v) is 8.18. The van der Waals surface area contributed by atoms with Crippen molar-refractivity contribution in [1.82, 2.24) is 5.32 Å². The number of nitrogens with one attached hydrogen (secondary N) is 1. The maximum atomic E-state index is 9.08. The number of phenols is 1. The van der Waals surface area contributed by atoms with Gasteiger partial charge in [-0.25, -0.2) is 0 Å². The lowest BCUT2D eigenvalue weighted by Crippen LogP contribution is -2.07. The second-order valence-electron chi connectivity index (χ2n) is 3.28. The predicted molar refractivity (Wildman–Crippen MR) is 55.6 cm³/mol. The average molecular weight is 200 g/mol. The predicted octanol–water partition coefficient (Wildman–Crippen LogP) is 1.89. The van der Waals surface area contributed by atoms with Crippen LogP contribution in [0.2, 0.25) is 0 Å². The number of hydrogen-bond acceptors (Lipinski definition) is 2. The van der Waals surface area contributed by atoms with Crippen LogP contribution in [0.3, 0.4) is 0 Å². The van der Waals surface area contributed by atoms with E-state index < -0.39 is 0 Å². The molecular formula is C10H14ClNO. The van der Waals surface area contributed by atoms with Crippen molar-refractivity contribution in [2.24, 2.45) is 0 Å². The standard InChI is InChI=1S/C10H13NO.ClH/c12-10-3-1-8(2-4-10)9-5-6-11-7-9;/h1-4,9,11-12H,5-7H2;1H. The first-order valence-corrected chi connectivity index (χ1v) is 4.36. The third kappa shape index (κ3) is 2.36. The molecule has 0 aromatic heterocycles. The molecule has 0 bridgehead atoms. The number of aromatic hydroxyl groups is 1. The van der Waals surface area contributed by atoms with Crippen LogP contribution in [-0.4, -0.2) is 18.2 Å². The Balaban J connectivity index is 0.000000845. The first kappa shape index (κ1) is 10.4. The summed E-state index contributed by atoms with van der Waals surface area (Å²) >= 11 is 0. The zero-order valence-electron chi connectivity index (χ0n) is 7.36. The van der Waals surface area contributed by atoms with Crippen LogP contribution in [0, 0.1) is 0 Å². The highest BCUT2D eigenvalue weighted by atomic mass is 35.5. The molecule has 1 atom stereocenters. The molecule has 0 spiro atoms. The normalized spacial score (nSPS) is 21.1. The van der Waals surface area contributed by atoms with Crippen molar-refractivity contribution in [3.63, 3.8) is 0 Å². The van der Waals surface area contributed by atoms with Gasteiger partial charge in [0.25, 0.3) is 0 Å². The monoisotopic (exact) mass is 199 g/mol. The molecule has 2 rings (SSSR count). The van der Waals surface area contributed by atoms with Crippen LogP contribution in [-0.2, 0) is 0 Å². The molecule has 1 saturated heterocycles. The summed E-state index contributed by atoms with van der Waals surface area (Å²) < 4.78 is 0. The van der Waals surface area contributed by atoms with Gasteiger partial charge in [0.05, 0.1) is 0 Å². The van der Waals surface area contributed by atoms with E-state index in [1.165, 1.54) is 12.0 Å². The van der Waals surface area contributed by atoms with E-state index in [0.717, 1.165) is 13.1 Å². The molecule has 1 aliphatic heterocycles. The molecule has 2 nitrogen and oxygen atoms in total. The number of benzene rings is 1. The SMILES string of the molecule is Cl.Oc1ccc(C2CCNC2)cc1. The van der Waals surface area contributed by atoms with Gasteiger partial charge in [-0.05, 0) is 36.6 Å². The summed E-state index contributed by atoms with van der Waals surface area (Å²) in [6.07, 6.45) is 1.21. The summed E-state index contributed by atoms with van der Waals surface area (Å²) in [5.74, 6) is 0.996. The zero-order chi connectivity index (χ0) is 8.39. The molecule has 1 aromatic rings. The molecule has 3 heteroatoms. The Morgan fingerprint density at radius 1 is 1.23 bits per heavy atom. The average Bonchev–Trinajstić information content (AvgIpc) is 2.58. The summed E-state index contributed by atoms with van der Waals surface area (Å²) in [5, 5.41) is 12.4. The van der Waals surface area contributed by atoms with Crippen LogP contribution in [0.5, 0.6) is 5.75 Å². The van der Waals surface area contributed by atoms with Gasteiger partial charge in [0.1, 0.15) is 5.75 Å². The minimum atomic E-state index is 0. The molecule has 1 heterocycles. The first-order chi connectivity index (χ1) is 5.86. The quantitative estimate of drug-likeness (QED) is 0.724. The second kappa shape index (κ2) is 4.49. The van der Waals surface area contributed by atoms with Crippen LogP contribution in [0.1, 0.15) is 17.9 Å². The molecule has 0 radical (unpaired) electrons. The lowest BCUT2D eigenvalue weighted by Gasteiger charge is -2.07. The summed E-state index contributed by atoms with van der Waals surface area (Å²) in [4.78, 5) is 0. The highest BCUT2D eigenvalue weighted by molar-refractivity contribution is 5.85. The van der Waals surface area contributed by atoms with E-state index in [9.17, 15) is 0 Å². The topological polar surface area (TPSA) is 32.3 Å². The van der Waals surface area contributed by atoms with E-state index in [4.69, 9.17) is 5.11 Å². The smallest absolute Gasteiger partial charge is 0.115 e. The number of halogens is 1. The van der Waals surface area contributed by atoms with Crippen molar-refractivity contribution in [1.29, 1.82) is 0 Å². The van der Waals surface area contributed by atoms with Gasteiger partial charge in [-0.3, -0.25) is 0 Å². The molecular weight excluding hydrogens is 186 g/mol. The molecule has 0 amide bonds. The van der Waals surface area contributed by atoms with Gasteiger partial charge in [-0.2, -0.15) is 0 Å². The van der Waals surface area contributed by atoms with Crippen molar-refractivity contribution >= 4 is 12.4 Å². The van der Waals surface area contributed by atoms with E-state index >= 15 is 0 Å². The van der Waals surface area contributed by atoms with Crippen LogP contribution in [0.25, 0.3) is 0 Å². The third-order valence-electron chi connectivity index (χ3n) is 2.42. The molecule has 1 aromatic carbocycles. The number of rotatable bonds is 1. The molecule has 0 saturated carbocycles. The molecule has 72 valence electrons. The molecule has 1 unspecified atom stereocenters. The van der Waals surface area contributed by atoms with Crippen LogP contribution in [0.15, 0.2) is 24.3 Å². The van der Waals surface area contributed by atoms with Gasteiger partial charge >= 0.3 is 0 Å². The Labute approximate surface area is 84.4 Å². The molecule has 1 aliphatic rings. The Morgan fingerprint density at radius 2 is 1.92 bits per heavy atom. The van der Waals surface area contributed by atoms with Crippen LogP contribution >= 0.6 is 12.4 Å². The van der Waals surface area contributed by atoms with Gasteiger partial charge in [0.15, 0.2) is 0 Å². The Morgan fingerprint density at radius 3 is 2.46 bits per heavy atom. The number of phenolic OH excluding ortho intramolecular Hbond substituents is 1. The van der Waals surface area contributed by atoms with Gasteiger partial charge in [0.2, 0.25) is 0 Å². The van der Waals surface area contributed by atoms with E-state index in [2.05, 4.69) is 5.32 Å². The van der Waals surface area contributed by atoms with E-state index in [1.807, 2.05) is 12.1 Å². The fraction of sp³-hybridized carbons (Fsp3) is 0.400. The molecule has 0 aliphatic carbocycles. The lowest BCUT2D eigenvalue weighted by atomic mass is 9.99. The Bertz CT molecular complexity index is 254. The summed E-state index contributed by atoms with van der Waals surface area (Å²) in [6.45, 7) is 2.19.